The third-order valence-electron chi connectivity index (χ3n) is 5.55. The van der Waals surface area contributed by atoms with E-state index in [1.54, 1.807) is 0 Å². The number of aromatic nitrogens is 3. The van der Waals surface area contributed by atoms with Crippen molar-refractivity contribution in [2.45, 2.75) is 24.7 Å². The average molecular weight is 522 g/mol. The lowest BCUT2D eigenvalue weighted by atomic mass is 9.96. The molecule has 0 spiro atoms. The van der Waals surface area contributed by atoms with E-state index in [2.05, 4.69) is 30.9 Å². The summed E-state index contributed by atoms with van der Waals surface area (Å²) >= 11 is 0. The molecule has 194 valence electrons. The predicted octanol–water partition coefficient (Wildman–Crippen LogP) is 3.12. The fourth-order valence-electron chi connectivity index (χ4n) is 3.63. The highest BCUT2D eigenvalue weighted by atomic mass is 19.4. The van der Waals surface area contributed by atoms with Crippen LogP contribution < -0.4 is 16.0 Å². The Morgan fingerprint density at radius 3 is 2.49 bits per heavy atom. The second kappa shape index (κ2) is 10.4. The summed E-state index contributed by atoms with van der Waals surface area (Å²) in [5.74, 6) is -3.40. The highest BCUT2D eigenvalue weighted by molar-refractivity contribution is 5.99. The number of amides is 2. The number of nitrogens with one attached hydrogen (secondary N) is 3. The third kappa shape index (κ3) is 5.80. The second-order valence-corrected chi connectivity index (χ2v) is 8.09. The summed E-state index contributed by atoms with van der Waals surface area (Å²) in [4.78, 5) is 36.8. The number of pyridine rings is 1. The molecule has 2 aromatic heterocycles. The lowest BCUT2D eigenvalue weighted by Gasteiger charge is -2.27. The van der Waals surface area contributed by atoms with E-state index in [4.69, 9.17) is 4.74 Å². The van der Waals surface area contributed by atoms with Crippen LogP contribution in [0.15, 0.2) is 49.2 Å². The summed E-state index contributed by atoms with van der Waals surface area (Å²) in [5.41, 5.74) is -3.91. The Balaban J connectivity index is 1.45. The summed E-state index contributed by atoms with van der Waals surface area (Å²) in [6.45, 7) is -0.326. The SMILES string of the molecule is O=C(NC1(C(=O)NCc2ncc(Nc3c(F)cccc3C(F)(F)F)cc2F)CCOC1)c1cncnc1. The standard InChI is InChI=1S/C23H19F5N6O3/c24-16-3-1-2-15(23(26,27)28)19(16)33-14-6-17(25)18(31-9-14)10-32-21(36)22(4-5-37-11-22)34-20(35)13-7-29-12-30-8-13/h1-3,6-9,12,33H,4-5,10-11H2,(H,32,36)(H,34,35). The fourth-order valence-corrected chi connectivity index (χ4v) is 3.63. The molecule has 37 heavy (non-hydrogen) atoms. The summed E-state index contributed by atoms with van der Waals surface area (Å²) in [6.07, 6.45) is 0.106. The Morgan fingerprint density at radius 1 is 1.08 bits per heavy atom. The van der Waals surface area contributed by atoms with E-state index in [-0.39, 0.29) is 36.6 Å². The van der Waals surface area contributed by atoms with Crippen LogP contribution in [-0.4, -0.2) is 45.5 Å². The highest BCUT2D eigenvalue weighted by Crippen LogP contribution is 2.37. The predicted molar refractivity (Wildman–Crippen MR) is 118 cm³/mol. The Hall–Kier alpha value is -4.20. The second-order valence-electron chi connectivity index (χ2n) is 8.09. The number of hydrogen-bond acceptors (Lipinski definition) is 7. The largest absolute Gasteiger partial charge is 0.418 e. The van der Waals surface area contributed by atoms with Crippen molar-refractivity contribution in [1.29, 1.82) is 0 Å². The van der Waals surface area contributed by atoms with Gasteiger partial charge in [-0.15, -0.1) is 0 Å². The zero-order valence-corrected chi connectivity index (χ0v) is 18.9. The van der Waals surface area contributed by atoms with Crippen LogP contribution in [0.1, 0.15) is 28.0 Å². The van der Waals surface area contributed by atoms with Crippen LogP contribution in [0.5, 0.6) is 0 Å². The molecule has 1 fully saturated rings. The van der Waals surface area contributed by atoms with Gasteiger partial charge in [-0.05, 0) is 12.1 Å². The van der Waals surface area contributed by atoms with Crippen molar-refractivity contribution >= 4 is 23.2 Å². The summed E-state index contributed by atoms with van der Waals surface area (Å²) in [7, 11) is 0. The molecule has 0 radical (unpaired) electrons. The molecule has 4 rings (SSSR count). The van der Waals surface area contributed by atoms with E-state index >= 15 is 0 Å². The Labute approximate surface area is 206 Å². The lowest BCUT2D eigenvalue weighted by molar-refractivity contribution is -0.137. The molecule has 1 atom stereocenters. The van der Waals surface area contributed by atoms with Crippen LogP contribution in [0.25, 0.3) is 0 Å². The summed E-state index contributed by atoms with van der Waals surface area (Å²) < 4.78 is 73.6. The van der Waals surface area contributed by atoms with Crippen LogP contribution in [0, 0.1) is 11.6 Å². The van der Waals surface area contributed by atoms with E-state index < -0.39 is 53.0 Å². The molecule has 2 amide bonds. The first-order valence-electron chi connectivity index (χ1n) is 10.8. The van der Waals surface area contributed by atoms with Crippen LogP contribution >= 0.6 is 0 Å². The fraction of sp³-hybridized carbons (Fsp3) is 0.261. The molecule has 3 N–H and O–H groups in total. The van der Waals surface area contributed by atoms with E-state index in [9.17, 15) is 31.5 Å². The summed E-state index contributed by atoms with van der Waals surface area (Å²) in [6, 6.07) is 3.25. The zero-order valence-electron chi connectivity index (χ0n) is 18.9. The van der Waals surface area contributed by atoms with Crippen molar-refractivity contribution in [2.75, 3.05) is 18.5 Å². The van der Waals surface area contributed by atoms with Crippen molar-refractivity contribution < 1.29 is 36.3 Å². The lowest BCUT2D eigenvalue weighted by Crippen LogP contribution is -2.59. The maximum absolute atomic E-state index is 14.7. The van der Waals surface area contributed by atoms with E-state index in [0.717, 1.165) is 24.4 Å². The number of ether oxygens (including phenoxy) is 1. The van der Waals surface area contributed by atoms with Gasteiger partial charge in [0.1, 0.15) is 23.5 Å². The molecule has 3 heterocycles. The van der Waals surface area contributed by atoms with Gasteiger partial charge in [0.25, 0.3) is 5.91 Å². The minimum atomic E-state index is -4.84. The number of nitrogens with zero attached hydrogens (tertiary/aromatic N) is 3. The molecule has 1 aromatic carbocycles. The van der Waals surface area contributed by atoms with Gasteiger partial charge in [-0.1, -0.05) is 6.07 Å². The number of hydrogen-bond donors (Lipinski definition) is 3. The van der Waals surface area contributed by atoms with Crippen LogP contribution in [0.2, 0.25) is 0 Å². The third-order valence-corrected chi connectivity index (χ3v) is 5.55. The van der Waals surface area contributed by atoms with Crippen LogP contribution in [-0.2, 0) is 22.3 Å². The molecular formula is C23H19F5N6O3. The van der Waals surface area contributed by atoms with Gasteiger partial charge in [0.2, 0.25) is 5.91 Å². The Kier molecular flexibility index (Phi) is 7.29. The Bertz CT molecular complexity index is 1300. The van der Waals surface area contributed by atoms with Gasteiger partial charge in [0.05, 0.1) is 47.5 Å². The van der Waals surface area contributed by atoms with Gasteiger partial charge in [-0.3, -0.25) is 14.6 Å². The van der Waals surface area contributed by atoms with Gasteiger partial charge in [0.15, 0.2) is 0 Å². The minimum Gasteiger partial charge on any atom is -0.378 e. The van der Waals surface area contributed by atoms with Crippen LogP contribution in [0.3, 0.4) is 0 Å². The number of rotatable bonds is 7. The van der Waals surface area contributed by atoms with Gasteiger partial charge in [0, 0.05) is 31.5 Å². The molecule has 0 saturated carbocycles. The molecule has 1 aliphatic rings. The first-order valence-corrected chi connectivity index (χ1v) is 10.8. The molecule has 1 unspecified atom stereocenters. The number of alkyl halides is 3. The number of halogens is 5. The number of anilines is 2. The smallest absolute Gasteiger partial charge is 0.378 e. The van der Waals surface area contributed by atoms with Crippen LogP contribution in [0.4, 0.5) is 33.3 Å². The van der Waals surface area contributed by atoms with Gasteiger partial charge >= 0.3 is 6.18 Å². The highest BCUT2D eigenvalue weighted by Gasteiger charge is 2.44. The van der Waals surface area contributed by atoms with Crippen molar-refractivity contribution in [3.05, 3.63) is 77.6 Å². The molecule has 1 saturated heterocycles. The van der Waals surface area contributed by atoms with Crippen molar-refractivity contribution in [2.24, 2.45) is 0 Å². The minimum absolute atomic E-state index is 0.124. The first-order chi connectivity index (χ1) is 17.6. The molecule has 3 aromatic rings. The maximum atomic E-state index is 14.7. The van der Waals surface area contributed by atoms with Gasteiger partial charge in [-0.2, -0.15) is 13.2 Å². The molecule has 1 aliphatic heterocycles. The number of carbonyl (C=O) groups is 2. The molecule has 0 aliphatic carbocycles. The van der Waals surface area contributed by atoms with E-state index in [0.29, 0.717) is 6.07 Å². The maximum Gasteiger partial charge on any atom is 0.418 e. The molecular weight excluding hydrogens is 503 g/mol. The molecule has 0 bridgehead atoms. The quantitative estimate of drug-likeness (QED) is 0.408. The van der Waals surface area contributed by atoms with Crippen molar-refractivity contribution in [3.63, 3.8) is 0 Å². The van der Waals surface area contributed by atoms with E-state index in [1.165, 1.54) is 18.7 Å². The Morgan fingerprint density at radius 2 is 1.84 bits per heavy atom. The van der Waals surface area contributed by atoms with Gasteiger partial charge < -0.3 is 20.7 Å². The molecule has 14 heteroatoms. The number of carbonyl (C=O) groups excluding carboxylic acids is 2. The normalized spacial score (nSPS) is 17.3. The summed E-state index contributed by atoms with van der Waals surface area (Å²) in [5, 5.41) is 7.31. The average Bonchev–Trinajstić information content (AvgIpc) is 3.34. The zero-order chi connectivity index (χ0) is 26.6. The first kappa shape index (κ1) is 25.9. The molecule has 9 nitrogen and oxygen atoms in total. The topological polar surface area (TPSA) is 118 Å². The number of para-hydroxylation sites is 1. The number of benzene rings is 1. The van der Waals surface area contributed by atoms with Crippen molar-refractivity contribution in [1.82, 2.24) is 25.6 Å². The van der Waals surface area contributed by atoms with E-state index in [1.807, 2.05) is 0 Å². The van der Waals surface area contributed by atoms with Crippen molar-refractivity contribution in [3.8, 4) is 0 Å². The monoisotopic (exact) mass is 522 g/mol. The van der Waals surface area contributed by atoms with Gasteiger partial charge in [-0.25, -0.2) is 18.7 Å².